The number of imidazole rings is 1. The van der Waals surface area contributed by atoms with Crippen molar-refractivity contribution in [2.45, 2.75) is 6.92 Å². The second-order valence-electron chi connectivity index (χ2n) is 4.12. The number of halogens is 1. The second-order valence-corrected chi connectivity index (χ2v) is 4.12. The van der Waals surface area contributed by atoms with Gasteiger partial charge in [0.15, 0.2) is 5.69 Å². The number of benzene rings is 1. The monoisotopic (exact) mass is 227 g/mol. The first-order valence-electron chi connectivity index (χ1n) is 5.49. The number of nitrogens with zero attached hydrogens (tertiary/aromatic N) is 1. The summed E-state index contributed by atoms with van der Waals surface area (Å²) in [7, 11) is 0. The molecular formula is C14H12FN2+. The zero-order valence-electron chi connectivity index (χ0n) is 9.44. The van der Waals surface area contributed by atoms with Gasteiger partial charge >= 0.3 is 0 Å². The van der Waals surface area contributed by atoms with E-state index < -0.39 is 0 Å². The van der Waals surface area contributed by atoms with Crippen LogP contribution < -0.4 is 4.40 Å². The third-order valence-corrected chi connectivity index (χ3v) is 2.90. The fraction of sp³-hybridized carbons (Fsp3) is 0.0714. The van der Waals surface area contributed by atoms with E-state index in [-0.39, 0.29) is 5.82 Å². The third-order valence-electron chi connectivity index (χ3n) is 2.90. The summed E-state index contributed by atoms with van der Waals surface area (Å²) in [6.07, 6.45) is 4.00. The minimum Gasteiger partial charge on any atom is -0.236 e. The summed E-state index contributed by atoms with van der Waals surface area (Å²) in [5, 5.41) is 0. The van der Waals surface area contributed by atoms with Gasteiger partial charge in [-0.1, -0.05) is 0 Å². The molecule has 17 heavy (non-hydrogen) atoms. The molecule has 3 rings (SSSR count). The lowest BCUT2D eigenvalue weighted by atomic mass is 10.2. The first-order chi connectivity index (χ1) is 8.24. The van der Waals surface area contributed by atoms with E-state index in [0.717, 1.165) is 16.9 Å². The number of nitrogens with one attached hydrogen (secondary N) is 1. The molecule has 0 atom stereocenters. The van der Waals surface area contributed by atoms with Crippen molar-refractivity contribution in [3.05, 3.63) is 60.2 Å². The van der Waals surface area contributed by atoms with Crippen molar-refractivity contribution in [3.63, 3.8) is 0 Å². The van der Waals surface area contributed by atoms with Gasteiger partial charge in [-0.3, -0.25) is 0 Å². The van der Waals surface area contributed by atoms with Crippen LogP contribution in [-0.4, -0.2) is 4.98 Å². The van der Waals surface area contributed by atoms with Gasteiger partial charge in [0, 0.05) is 11.1 Å². The Kier molecular flexibility index (Phi) is 2.18. The lowest BCUT2D eigenvalue weighted by molar-refractivity contribution is -0.509. The maximum atomic E-state index is 12.9. The number of fused-ring (bicyclic) bond motifs is 1. The summed E-state index contributed by atoms with van der Waals surface area (Å²) in [6.45, 7) is 2.06. The van der Waals surface area contributed by atoms with Gasteiger partial charge in [-0.15, -0.1) is 0 Å². The van der Waals surface area contributed by atoms with Gasteiger partial charge in [0.1, 0.15) is 12.0 Å². The van der Waals surface area contributed by atoms with Crippen LogP contribution in [0.5, 0.6) is 0 Å². The Balaban J connectivity index is 2.18. The van der Waals surface area contributed by atoms with Crippen molar-refractivity contribution in [3.8, 4) is 11.3 Å². The molecule has 0 amide bonds. The van der Waals surface area contributed by atoms with Gasteiger partial charge in [0.05, 0.1) is 6.20 Å². The number of H-pyrrole nitrogens is 1. The Labute approximate surface area is 98.4 Å². The first kappa shape index (κ1) is 10.0. The average Bonchev–Trinajstić information content (AvgIpc) is 2.75. The lowest BCUT2D eigenvalue weighted by Crippen LogP contribution is -2.17. The Morgan fingerprint density at radius 2 is 1.88 bits per heavy atom. The Morgan fingerprint density at radius 3 is 2.59 bits per heavy atom. The van der Waals surface area contributed by atoms with Gasteiger partial charge < -0.3 is 0 Å². The van der Waals surface area contributed by atoms with Crippen LogP contribution in [0.4, 0.5) is 4.39 Å². The van der Waals surface area contributed by atoms with Crippen LogP contribution in [-0.2, 0) is 0 Å². The molecule has 84 valence electrons. The fourth-order valence-corrected chi connectivity index (χ4v) is 1.98. The summed E-state index contributed by atoms with van der Waals surface area (Å²) in [4.78, 5) is 3.34. The molecule has 0 saturated carbocycles. The Hall–Kier alpha value is -2.16. The number of aromatic nitrogens is 2. The van der Waals surface area contributed by atoms with Gasteiger partial charge in [-0.05, 0) is 43.3 Å². The summed E-state index contributed by atoms with van der Waals surface area (Å²) in [5.74, 6) is -0.214. The maximum Gasteiger partial charge on any atom is 0.287 e. The number of aromatic amines is 1. The highest BCUT2D eigenvalue weighted by Gasteiger charge is 2.11. The smallest absolute Gasteiger partial charge is 0.236 e. The fourth-order valence-electron chi connectivity index (χ4n) is 1.98. The Morgan fingerprint density at radius 1 is 1.12 bits per heavy atom. The number of hydrogen-bond acceptors (Lipinski definition) is 0. The highest BCUT2D eigenvalue weighted by atomic mass is 19.1. The minimum absolute atomic E-state index is 0.214. The van der Waals surface area contributed by atoms with E-state index in [1.54, 1.807) is 12.1 Å². The van der Waals surface area contributed by atoms with Crippen LogP contribution in [0.3, 0.4) is 0 Å². The van der Waals surface area contributed by atoms with Crippen molar-refractivity contribution < 1.29 is 8.79 Å². The van der Waals surface area contributed by atoms with E-state index in [0.29, 0.717) is 0 Å². The van der Waals surface area contributed by atoms with E-state index in [2.05, 4.69) is 18.0 Å². The molecule has 0 spiro atoms. The van der Waals surface area contributed by atoms with Gasteiger partial charge in [-0.25, -0.2) is 13.8 Å². The van der Waals surface area contributed by atoms with Crippen LogP contribution in [0.15, 0.2) is 48.8 Å². The van der Waals surface area contributed by atoms with E-state index in [1.165, 1.54) is 17.7 Å². The van der Waals surface area contributed by atoms with Crippen molar-refractivity contribution in [1.82, 2.24) is 4.98 Å². The van der Waals surface area contributed by atoms with E-state index in [4.69, 9.17) is 0 Å². The zero-order valence-corrected chi connectivity index (χ0v) is 9.44. The van der Waals surface area contributed by atoms with Crippen LogP contribution in [0.2, 0.25) is 0 Å². The number of hydrogen-bond donors (Lipinski definition) is 1. The molecule has 2 nitrogen and oxygen atoms in total. The normalized spacial score (nSPS) is 10.9. The van der Waals surface area contributed by atoms with E-state index in [1.807, 2.05) is 22.9 Å². The summed E-state index contributed by atoms with van der Waals surface area (Å²) in [6, 6.07) is 10.5. The van der Waals surface area contributed by atoms with Crippen LogP contribution in [0.1, 0.15) is 5.56 Å². The highest BCUT2D eigenvalue weighted by molar-refractivity contribution is 5.60. The third kappa shape index (κ3) is 1.69. The summed E-state index contributed by atoms with van der Waals surface area (Å²) < 4.78 is 14.9. The second kappa shape index (κ2) is 3.70. The predicted octanol–water partition coefficient (Wildman–Crippen LogP) is 2.87. The number of pyridine rings is 1. The molecule has 0 unspecified atom stereocenters. The first-order valence-corrected chi connectivity index (χ1v) is 5.49. The molecule has 0 bridgehead atoms. The molecule has 0 saturated heterocycles. The average molecular weight is 227 g/mol. The maximum absolute atomic E-state index is 12.9. The molecule has 0 aliphatic carbocycles. The SMILES string of the molecule is Cc1ccc[n+]2cc(-c3ccc(F)cc3)[nH]c12. The zero-order chi connectivity index (χ0) is 11.8. The highest BCUT2D eigenvalue weighted by Crippen LogP contribution is 2.17. The molecule has 3 aromatic rings. The Bertz CT molecular complexity index is 668. The molecule has 2 aromatic heterocycles. The van der Waals surface area contributed by atoms with Gasteiger partial charge in [0.2, 0.25) is 0 Å². The summed E-state index contributed by atoms with van der Waals surface area (Å²) in [5.41, 5.74) is 4.21. The number of rotatable bonds is 1. The predicted molar refractivity (Wildman–Crippen MR) is 64.1 cm³/mol. The quantitative estimate of drug-likeness (QED) is 0.617. The van der Waals surface area contributed by atoms with Crippen molar-refractivity contribution in [1.29, 1.82) is 0 Å². The molecule has 2 heterocycles. The molecule has 0 fully saturated rings. The lowest BCUT2D eigenvalue weighted by Gasteiger charge is -1.92. The molecule has 0 aliphatic heterocycles. The van der Waals surface area contributed by atoms with Crippen molar-refractivity contribution >= 4 is 5.65 Å². The topological polar surface area (TPSA) is 19.9 Å². The molecule has 3 heteroatoms. The van der Waals surface area contributed by atoms with Crippen LogP contribution in [0.25, 0.3) is 16.9 Å². The van der Waals surface area contributed by atoms with Crippen molar-refractivity contribution in [2.75, 3.05) is 0 Å². The molecular weight excluding hydrogens is 215 g/mol. The van der Waals surface area contributed by atoms with Gasteiger partial charge in [-0.2, -0.15) is 0 Å². The number of aryl methyl sites for hydroxylation is 1. The van der Waals surface area contributed by atoms with E-state index >= 15 is 0 Å². The van der Waals surface area contributed by atoms with Gasteiger partial charge in [0.25, 0.3) is 5.65 Å². The summed E-state index contributed by atoms with van der Waals surface area (Å²) >= 11 is 0. The molecule has 1 N–H and O–H groups in total. The molecule has 0 aliphatic rings. The largest absolute Gasteiger partial charge is 0.287 e. The molecule has 1 aromatic carbocycles. The van der Waals surface area contributed by atoms with Crippen molar-refractivity contribution in [2.24, 2.45) is 0 Å². The minimum atomic E-state index is -0.214. The van der Waals surface area contributed by atoms with Crippen LogP contribution >= 0.6 is 0 Å². The molecule has 0 radical (unpaired) electrons. The standard InChI is InChI=1S/C14H11FN2/c1-10-3-2-8-17-9-13(16-14(10)17)11-4-6-12(15)7-5-11/h2-9H,1H3/p+1. The van der Waals surface area contributed by atoms with Crippen LogP contribution in [0, 0.1) is 12.7 Å². The van der Waals surface area contributed by atoms with E-state index in [9.17, 15) is 4.39 Å².